The molecule has 1 N–H and O–H groups in total. The van der Waals surface area contributed by atoms with E-state index in [9.17, 15) is 0 Å². The molecule has 2 heterocycles. The zero-order valence-corrected chi connectivity index (χ0v) is 16.9. The van der Waals surface area contributed by atoms with Crippen molar-refractivity contribution in [3.8, 4) is 11.3 Å². The van der Waals surface area contributed by atoms with Gasteiger partial charge in [0.15, 0.2) is 0 Å². The summed E-state index contributed by atoms with van der Waals surface area (Å²) in [5.74, 6) is 2.65. The summed E-state index contributed by atoms with van der Waals surface area (Å²) in [4.78, 5) is 0. The summed E-state index contributed by atoms with van der Waals surface area (Å²) in [7, 11) is 1.83. The highest BCUT2D eigenvalue weighted by Crippen LogP contribution is 2.31. The topological polar surface area (TPSA) is 68.8 Å². The van der Waals surface area contributed by atoms with Gasteiger partial charge in [-0.05, 0) is 56.7 Å². The van der Waals surface area contributed by atoms with Crippen molar-refractivity contribution in [3.05, 3.63) is 45.0 Å². The number of tetrazole rings is 1. The number of aryl methyl sites for hydroxylation is 1. The normalized spacial score (nSPS) is 11.1. The van der Waals surface area contributed by atoms with E-state index in [-0.39, 0.29) is 0 Å². The van der Waals surface area contributed by atoms with Crippen molar-refractivity contribution in [2.75, 3.05) is 12.3 Å². The van der Waals surface area contributed by atoms with Gasteiger partial charge in [0.1, 0.15) is 11.5 Å². The van der Waals surface area contributed by atoms with Gasteiger partial charge in [-0.25, -0.2) is 4.68 Å². The lowest BCUT2D eigenvalue weighted by Crippen LogP contribution is -2.16. The first-order valence-corrected chi connectivity index (χ1v) is 9.80. The maximum absolute atomic E-state index is 5.91. The van der Waals surface area contributed by atoms with E-state index in [1.54, 1.807) is 16.4 Å². The number of nitrogens with one attached hydrogen (secondary N) is 1. The van der Waals surface area contributed by atoms with E-state index in [1.165, 1.54) is 0 Å². The number of benzene rings is 1. The molecule has 0 saturated heterocycles. The van der Waals surface area contributed by atoms with Gasteiger partial charge in [-0.1, -0.05) is 27.7 Å². The van der Waals surface area contributed by atoms with Gasteiger partial charge in [0.25, 0.3) is 0 Å². The van der Waals surface area contributed by atoms with Crippen molar-refractivity contribution >= 4 is 43.6 Å². The van der Waals surface area contributed by atoms with Crippen LogP contribution in [0.3, 0.4) is 0 Å². The number of thioether (sulfide) groups is 1. The van der Waals surface area contributed by atoms with Crippen LogP contribution in [0.1, 0.15) is 5.76 Å². The van der Waals surface area contributed by atoms with Crippen molar-refractivity contribution in [1.82, 2.24) is 25.5 Å². The Hall–Kier alpha value is -1.16. The quantitative estimate of drug-likeness (QED) is 0.415. The zero-order chi connectivity index (χ0) is 16.9. The third-order valence-electron chi connectivity index (χ3n) is 3.25. The molecule has 0 aliphatic rings. The number of halogens is 2. The van der Waals surface area contributed by atoms with Crippen LogP contribution in [0.4, 0.5) is 0 Å². The van der Waals surface area contributed by atoms with Crippen LogP contribution in [0, 0.1) is 0 Å². The first-order chi connectivity index (χ1) is 11.6. The molecule has 0 saturated carbocycles. The van der Waals surface area contributed by atoms with Gasteiger partial charge in [0, 0.05) is 33.9 Å². The molecule has 0 amide bonds. The van der Waals surface area contributed by atoms with Crippen LogP contribution in [0.25, 0.3) is 11.3 Å². The highest BCUT2D eigenvalue weighted by molar-refractivity contribution is 9.11. The summed E-state index contributed by atoms with van der Waals surface area (Å²) in [5, 5.41) is 15.5. The second-order valence-electron chi connectivity index (χ2n) is 5.00. The number of aromatic nitrogens is 4. The van der Waals surface area contributed by atoms with Crippen molar-refractivity contribution in [3.63, 3.8) is 0 Å². The van der Waals surface area contributed by atoms with E-state index in [0.717, 1.165) is 43.5 Å². The second kappa shape index (κ2) is 8.28. The molecule has 6 nitrogen and oxygen atoms in total. The molecule has 0 bridgehead atoms. The SMILES string of the molecule is Cn1nnnc1SCCNCc1ccc(-c2ccc(Br)cc2Br)o1. The van der Waals surface area contributed by atoms with E-state index in [4.69, 9.17) is 4.42 Å². The van der Waals surface area contributed by atoms with Crippen LogP contribution >= 0.6 is 43.6 Å². The molecule has 3 aromatic rings. The summed E-state index contributed by atoms with van der Waals surface area (Å²) >= 11 is 8.64. The highest BCUT2D eigenvalue weighted by Gasteiger charge is 2.09. The standard InChI is InChI=1S/C15H15Br2N5OS/c1-22-15(19-20-21-22)24-7-6-18-9-11-3-5-14(23-11)12-4-2-10(16)8-13(12)17/h2-5,8,18H,6-7,9H2,1H3. The minimum Gasteiger partial charge on any atom is -0.460 e. The predicted octanol–water partition coefficient (Wildman–Crippen LogP) is 3.88. The molecule has 0 radical (unpaired) electrons. The summed E-state index contributed by atoms with van der Waals surface area (Å²) in [5.41, 5.74) is 1.04. The Bertz CT molecular complexity index is 820. The fraction of sp³-hybridized carbons (Fsp3) is 0.267. The Labute approximate surface area is 160 Å². The lowest BCUT2D eigenvalue weighted by Gasteiger charge is -2.03. The van der Waals surface area contributed by atoms with Crippen LogP contribution in [0.5, 0.6) is 0 Å². The van der Waals surface area contributed by atoms with Crippen molar-refractivity contribution < 1.29 is 4.42 Å². The number of rotatable bonds is 7. The van der Waals surface area contributed by atoms with Crippen molar-refractivity contribution in [2.24, 2.45) is 7.05 Å². The summed E-state index contributed by atoms with van der Waals surface area (Å²) in [6.07, 6.45) is 0. The third kappa shape index (κ3) is 4.47. The molecular weight excluding hydrogens is 458 g/mol. The van der Waals surface area contributed by atoms with Crippen LogP contribution < -0.4 is 5.32 Å². The van der Waals surface area contributed by atoms with Gasteiger partial charge < -0.3 is 9.73 Å². The molecule has 1 aromatic carbocycles. The minimum atomic E-state index is 0.686. The predicted molar refractivity (Wildman–Crippen MR) is 101 cm³/mol. The number of nitrogens with zero attached hydrogens (tertiary/aromatic N) is 4. The van der Waals surface area contributed by atoms with Gasteiger partial charge in [0.05, 0.1) is 6.54 Å². The Morgan fingerprint density at radius 3 is 2.88 bits per heavy atom. The highest BCUT2D eigenvalue weighted by atomic mass is 79.9. The van der Waals surface area contributed by atoms with Crippen LogP contribution in [-0.4, -0.2) is 32.5 Å². The number of hydrogen-bond acceptors (Lipinski definition) is 6. The molecule has 0 spiro atoms. The molecule has 0 fully saturated rings. The molecule has 0 unspecified atom stereocenters. The lowest BCUT2D eigenvalue weighted by molar-refractivity contribution is 0.499. The van der Waals surface area contributed by atoms with E-state index in [2.05, 4.69) is 52.7 Å². The Kier molecular flexibility index (Phi) is 6.09. The van der Waals surface area contributed by atoms with Crippen LogP contribution in [0.2, 0.25) is 0 Å². The van der Waals surface area contributed by atoms with Gasteiger partial charge >= 0.3 is 0 Å². The smallest absolute Gasteiger partial charge is 0.209 e. The lowest BCUT2D eigenvalue weighted by atomic mass is 10.2. The Balaban J connectivity index is 1.48. The van der Waals surface area contributed by atoms with Crippen LogP contribution in [0.15, 0.2) is 48.9 Å². The first-order valence-electron chi connectivity index (χ1n) is 7.23. The molecule has 3 rings (SSSR count). The molecule has 126 valence electrons. The second-order valence-corrected chi connectivity index (χ2v) is 7.83. The largest absolute Gasteiger partial charge is 0.460 e. The third-order valence-corrected chi connectivity index (χ3v) is 5.41. The van der Waals surface area contributed by atoms with Crippen molar-refractivity contribution in [1.29, 1.82) is 0 Å². The van der Waals surface area contributed by atoms with E-state index in [0.29, 0.717) is 6.54 Å². The van der Waals surface area contributed by atoms with Gasteiger partial charge in [-0.15, -0.1) is 5.10 Å². The molecule has 9 heteroatoms. The van der Waals surface area contributed by atoms with E-state index in [1.807, 2.05) is 37.4 Å². The summed E-state index contributed by atoms with van der Waals surface area (Å²) in [6, 6.07) is 10.0. The molecule has 0 aliphatic carbocycles. The maximum Gasteiger partial charge on any atom is 0.209 e. The Morgan fingerprint density at radius 2 is 2.12 bits per heavy atom. The average Bonchev–Trinajstić information content (AvgIpc) is 3.17. The van der Waals surface area contributed by atoms with Gasteiger partial charge in [0.2, 0.25) is 5.16 Å². The molecule has 24 heavy (non-hydrogen) atoms. The summed E-state index contributed by atoms with van der Waals surface area (Å²) in [6.45, 7) is 1.53. The zero-order valence-electron chi connectivity index (χ0n) is 12.9. The van der Waals surface area contributed by atoms with Gasteiger partial charge in [-0.3, -0.25) is 0 Å². The molecule has 0 atom stereocenters. The fourth-order valence-corrected chi connectivity index (χ4v) is 4.07. The van der Waals surface area contributed by atoms with E-state index < -0.39 is 0 Å². The first kappa shape index (κ1) is 17.7. The maximum atomic E-state index is 5.91. The fourth-order valence-electron chi connectivity index (χ4n) is 2.08. The summed E-state index contributed by atoms with van der Waals surface area (Å²) < 4.78 is 9.61. The number of hydrogen-bond donors (Lipinski definition) is 1. The molecular formula is C15H15Br2N5OS. The van der Waals surface area contributed by atoms with Crippen molar-refractivity contribution in [2.45, 2.75) is 11.7 Å². The minimum absolute atomic E-state index is 0.686. The average molecular weight is 473 g/mol. The monoisotopic (exact) mass is 471 g/mol. The van der Waals surface area contributed by atoms with Crippen LogP contribution in [-0.2, 0) is 13.6 Å². The van der Waals surface area contributed by atoms with E-state index >= 15 is 0 Å². The molecule has 0 aliphatic heterocycles. The molecule has 2 aromatic heterocycles. The van der Waals surface area contributed by atoms with Gasteiger partial charge in [-0.2, -0.15) is 0 Å². The Morgan fingerprint density at radius 1 is 1.25 bits per heavy atom. The number of furan rings is 1.